The summed E-state index contributed by atoms with van der Waals surface area (Å²) in [6.07, 6.45) is 2.03. The molecule has 7 nitrogen and oxygen atoms in total. The Kier molecular flexibility index (Phi) is 7.91. The number of carbonyl (C=O) groups is 1. The van der Waals surface area contributed by atoms with Crippen molar-refractivity contribution in [2.24, 2.45) is 5.92 Å². The van der Waals surface area contributed by atoms with Gasteiger partial charge >= 0.3 is 0 Å². The molecule has 1 saturated carbocycles. The normalized spacial score (nSPS) is 12.9. The summed E-state index contributed by atoms with van der Waals surface area (Å²) >= 11 is 9.30. The number of anilines is 2. The van der Waals surface area contributed by atoms with Crippen LogP contribution in [0.15, 0.2) is 64.4 Å². The standard InChI is InChI=1S/C23H18ClFIN3O4S/c24-17-10-14(26)8-9-18(17)27-21-16(23(30)28-33-12-13-6-7-13)11-19(29(31)32)22(20(21)25)34-15-4-2-1-3-5-15/h1-5,8-11,13,27H,6-7,12H2,(H,28,30). The lowest BCUT2D eigenvalue weighted by Gasteiger charge is -2.17. The predicted molar refractivity (Wildman–Crippen MR) is 137 cm³/mol. The van der Waals surface area contributed by atoms with Crippen LogP contribution in [0.2, 0.25) is 5.02 Å². The number of rotatable bonds is 9. The second kappa shape index (κ2) is 10.9. The lowest BCUT2D eigenvalue weighted by molar-refractivity contribution is -0.388. The van der Waals surface area contributed by atoms with Gasteiger partial charge in [0.05, 0.1) is 33.5 Å². The van der Waals surface area contributed by atoms with Crippen molar-refractivity contribution in [2.75, 3.05) is 11.9 Å². The minimum absolute atomic E-state index is 0.226. The summed E-state index contributed by atoms with van der Waals surface area (Å²) in [4.78, 5) is 29.6. The first-order chi connectivity index (χ1) is 16.3. The number of carbonyl (C=O) groups excluding carboxylic acids is 1. The van der Waals surface area contributed by atoms with Crippen molar-refractivity contribution in [3.05, 3.63) is 84.7 Å². The summed E-state index contributed by atoms with van der Waals surface area (Å²) in [5.74, 6) is -1.37. The van der Waals surface area contributed by atoms with E-state index in [2.05, 4.69) is 33.4 Å². The van der Waals surface area contributed by atoms with Gasteiger partial charge in [-0.15, -0.1) is 0 Å². The average Bonchev–Trinajstić information content (AvgIpc) is 3.63. The molecule has 0 spiro atoms. The molecule has 0 heterocycles. The second-order valence-electron chi connectivity index (χ2n) is 7.57. The number of benzene rings is 3. The van der Waals surface area contributed by atoms with E-state index in [4.69, 9.17) is 16.4 Å². The fourth-order valence-corrected chi connectivity index (χ4v) is 4.91. The molecular formula is C23H18ClFIN3O4S. The Balaban J connectivity index is 1.78. The average molecular weight is 614 g/mol. The van der Waals surface area contributed by atoms with Gasteiger partial charge < -0.3 is 5.32 Å². The fourth-order valence-electron chi connectivity index (χ4n) is 3.05. The van der Waals surface area contributed by atoms with E-state index in [0.29, 0.717) is 28.1 Å². The lowest BCUT2D eigenvalue weighted by atomic mass is 10.1. The van der Waals surface area contributed by atoms with Gasteiger partial charge in [-0.1, -0.05) is 41.6 Å². The van der Waals surface area contributed by atoms with Gasteiger partial charge in [-0.2, -0.15) is 0 Å². The monoisotopic (exact) mass is 613 g/mol. The Bertz CT molecular complexity index is 1240. The molecule has 0 unspecified atom stereocenters. The van der Waals surface area contributed by atoms with Crippen molar-refractivity contribution >= 4 is 68.9 Å². The fraction of sp³-hybridized carbons (Fsp3) is 0.174. The molecule has 0 aromatic heterocycles. The molecule has 34 heavy (non-hydrogen) atoms. The second-order valence-corrected chi connectivity index (χ2v) is 10.3. The Labute approximate surface area is 217 Å². The summed E-state index contributed by atoms with van der Waals surface area (Å²) in [6, 6.07) is 14.8. The van der Waals surface area contributed by atoms with Crippen LogP contribution in [-0.4, -0.2) is 17.4 Å². The van der Waals surface area contributed by atoms with Crippen LogP contribution in [0.25, 0.3) is 0 Å². The third kappa shape index (κ3) is 5.98. The van der Waals surface area contributed by atoms with Gasteiger partial charge in [-0.25, -0.2) is 9.87 Å². The minimum atomic E-state index is -0.940. The minimum Gasteiger partial charge on any atom is -0.351 e. The number of nitro benzene ring substituents is 1. The molecule has 2 N–H and O–H groups in total. The third-order valence-corrected chi connectivity index (χ3v) is 7.06. The molecule has 0 aliphatic heterocycles. The van der Waals surface area contributed by atoms with Crippen molar-refractivity contribution in [2.45, 2.75) is 22.6 Å². The van der Waals surface area contributed by atoms with Gasteiger partial charge in [0.25, 0.3) is 11.6 Å². The molecule has 0 bridgehead atoms. The van der Waals surface area contributed by atoms with Crippen LogP contribution in [0.5, 0.6) is 0 Å². The largest absolute Gasteiger partial charge is 0.351 e. The zero-order valence-corrected chi connectivity index (χ0v) is 21.2. The summed E-state index contributed by atoms with van der Waals surface area (Å²) in [7, 11) is 0. The van der Waals surface area contributed by atoms with E-state index in [1.54, 1.807) is 48.5 Å². The van der Waals surface area contributed by atoms with Crippen LogP contribution in [0.3, 0.4) is 0 Å². The van der Waals surface area contributed by atoms with Crippen molar-refractivity contribution in [1.82, 2.24) is 5.48 Å². The molecule has 1 fully saturated rings. The van der Waals surface area contributed by atoms with Gasteiger partial charge in [-0.3, -0.25) is 19.7 Å². The molecule has 0 atom stereocenters. The quantitative estimate of drug-likeness (QED) is 0.154. The summed E-state index contributed by atoms with van der Waals surface area (Å²) in [6.45, 7) is 0.323. The molecule has 1 amide bonds. The maximum atomic E-state index is 15.9. The van der Waals surface area contributed by atoms with E-state index >= 15 is 4.39 Å². The molecule has 4 rings (SSSR count). The highest BCUT2D eigenvalue weighted by Crippen LogP contribution is 2.43. The molecule has 11 heteroatoms. The van der Waals surface area contributed by atoms with Gasteiger partial charge in [0.2, 0.25) is 0 Å². The first kappa shape index (κ1) is 24.7. The maximum Gasteiger partial charge on any atom is 0.287 e. The third-order valence-electron chi connectivity index (χ3n) is 4.98. The van der Waals surface area contributed by atoms with E-state index in [1.165, 1.54) is 0 Å². The Hall–Kier alpha value is -2.41. The smallest absolute Gasteiger partial charge is 0.287 e. The maximum absolute atomic E-state index is 15.9. The number of hydrogen-bond acceptors (Lipinski definition) is 6. The van der Waals surface area contributed by atoms with Gasteiger partial charge in [0.15, 0.2) is 5.82 Å². The van der Waals surface area contributed by atoms with Gasteiger partial charge in [0, 0.05) is 14.5 Å². The molecule has 0 radical (unpaired) electrons. The SMILES string of the molecule is O=C(NOCC1CC1)c1cc([N+](=O)[O-])c(Sc2ccccc2)c(F)c1Nc1ccc(I)cc1Cl. The van der Waals surface area contributed by atoms with Crippen LogP contribution >= 0.6 is 46.0 Å². The van der Waals surface area contributed by atoms with Crippen molar-refractivity contribution in [1.29, 1.82) is 0 Å². The first-order valence-electron chi connectivity index (χ1n) is 10.2. The number of nitrogens with zero attached hydrogens (tertiary/aromatic N) is 1. The summed E-state index contributed by atoms with van der Waals surface area (Å²) in [5, 5.41) is 15.0. The van der Waals surface area contributed by atoms with Gasteiger partial charge in [-0.05, 0) is 71.7 Å². The van der Waals surface area contributed by atoms with E-state index in [9.17, 15) is 14.9 Å². The highest BCUT2D eigenvalue weighted by molar-refractivity contribution is 14.1. The number of halogens is 3. The Morgan fingerprint density at radius 3 is 2.62 bits per heavy atom. The Morgan fingerprint density at radius 2 is 1.97 bits per heavy atom. The number of nitrogens with one attached hydrogen (secondary N) is 2. The summed E-state index contributed by atoms with van der Waals surface area (Å²) in [5.41, 5.74) is 1.58. The Morgan fingerprint density at radius 1 is 1.24 bits per heavy atom. The van der Waals surface area contributed by atoms with E-state index in [1.807, 2.05) is 0 Å². The molecule has 0 saturated heterocycles. The van der Waals surface area contributed by atoms with Crippen molar-refractivity contribution in [3.8, 4) is 0 Å². The highest BCUT2D eigenvalue weighted by Gasteiger charge is 2.30. The first-order valence-corrected chi connectivity index (χ1v) is 12.5. The molecule has 3 aromatic carbocycles. The van der Waals surface area contributed by atoms with Crippen LogP contribution in [0.4, 0.5) is 21.5 Å². The number of amides is 1. The zero-order chi connectivity index (χ0) is 24.2. The van der Waals surface area contributed by atoms with E-state index < -0.39 is 22.3 Å². The molecular weight excluding hydrogens is 596 g/mol. The van der Waals surface area contributed by atoms with Crippen LogP contribution in [0.1, 0.15) is 23.2 Å². The molecule has 1 aliphatic rings. The van der Waals surface area contributed by atoms with Gasteiger partial charge in [0.1, 0.15) is 4.90 Å². The molecule has 1 aliphatic carbocycles. The van der Waals surface area contributed by atoms with Crippen LogP contribution in [-0.2, 0) is 4.84 Å². The zero-order valence-electron chi connectivity index (χ0n) is 17.5. The van der Waals surface area contributed by atoms with Crippen molar-refractivity contribution in [3.63, 3.8) is 0 Å². The highest BCUT2D eigenvalue weighted by atomic mass is 127. The number of nitro groups is 1. The predicted octanol–water partition coefficient (Wildman–Crippen LogP) is 6.96. The molecule has 3 aromatic rings. The molecule has 176 valence electrons. The van der Waals surface area contributed by atoms with Crippen LogP contribution in [0, 0.1) is 25.4 Å². The lowest BCUT2D eigenvalue weighted by Crippen LogP contribution is -2.26. The van der Waals surface area contributed by atoms with Crippen molar-refractivity contribution < 1.29 is 18.9 Å². The number of hydrogen-bond donors (Lipinski definition) is 2. The topological polar surface area (TPSA) is 93.5 Å². The number of hydroxylamine groups is 1. The van der Waals surface area contributed by atoms with E-state index in [-0.39, 0.29) is 16.1 Å². The van der Waals surface area contributed by atoms with Crippen LogP contribution < -0.4 is 10.8 Å². The summed E-state index contributed by atoms with van der Waals surface area (Å²) < 4.78 is 16.8. The van der Waals surface area contributed by atoms with E-state index in [0.717, 1.165) is 34.2 Å².